The summed E-state index contributed by atoms with van der Waals surface area (Å²) in [6, 6.07) is -3.42. The number of aliphatic hydroxyl groups excluding tert-OH is 15. The maximum Gasteiger partial charge on any atom is 0.217 e. The van der Waals surface area contributed by atoms with Gasteiger partial charge in [0.2, 0.25) is 11.8 Å². The standard InChI is InChI=1S/C34H58N2O26/c1-8(42)35-15-19(46)26(59-33-23(50)21(48)17(44)10(3-37)55-33)12(5-39)57-31(15)61-28-14(7-41)54-30(53)25(52)29(28)62-32-16(36-9(2)43)20(47)27(13(6-40)58-32)60-34-24(51)22(49)18(45)11(4-38)56-34/h10-34,37-41,44-53H,3-7H2,1-2H3,(H,35,42)(H,36,43)/t10-,11-,12-,13-,14-,15-,16-,17+,18+,19-,20-,21+,22+,23-,24-,25-,26-,27-,28+,29-,30-,31+,32+,33+,34+/m1/s1. The monoisotopic (exact) mass is 910 g/mol. The molecule has 28 heteroatoms. The van der Waals surface area contributed by atoms with Crippen LogP contribution in [0.4, 0.5) is 0 Å². The third-order valence-corrected chi connectivity index (χ3v) is 11.1. The molecule has 28 nitrogen and oxygen atoms in total. The van der Waals surface area contributed by atoms with Crippen LogP contribution in [0, 0.1) is 0 Å². The van der Waals surface area contributed by atoms with E-state index in [-0.39, 0.29) is 0 Å². The topological polar surface area (TPSA) is 445 Å². The molecule has 5 saturated heterocycles. The molecular weight excluding hydrogens is 852 g/mol. The van der Waals surface area contributed by atoms with Gasteiger partial charge in [0.15, 0.2) is 31.5 Å². The third-order valence-electron chi connectivity index (χ3n) is 11.1. The quantitative estimate of drug-likeness (QED) is 0.0725. The molecule has 5 aliphatic rings. The Bertz CT molecular complexity index is 1350. The molecule has 0 aromatic carbocycles. The summed E-state index contributed by atoms with van der Waals surface area (Å²) in [5.74, 6) is -1.62. The highest BCUT2D eigenvalue weighted by molar-refractivity contribution is 5.73. The molecule has 0 bridgehead atoms. The molecule has 0 saturated carbocycles. The van der Waals surface area contributed by atoms with Gasteiger partial charge in [-0.05, 0) is 0 Å². The lowest BCUT2D eigenvalue weighted by Gasteiger charge is -2.51. The van der Waals surface area contributed by atoms with Gasteiger partial charge in [-0.1, -0.05) is 0 Å². The maximum absolute atomic E-state index is 12.4. The van der Waals surface area contributed by atoms with Crippen molar-refractivity contribution in [1.82, 2.24) is 10.6 Å². The summed E-state index contributed by atoms with van der Waals surface area (Å²) in [5, 5.41) is 162. The Kier molecular flexibility index (Phi) is 18.1. The van der Waals surface area contributed by atoms with Crippen molar-refractivity contribution in [2.24, 2.45) is 0 Å². The highest BCUT2D eigenvalue weighted by atomic mass is 16.8. The van der Waals surface area contributed by atoms with E-state index in [9.17, 15) is 86.2 Å². The molecule has 17 N–H and O–H groups in total. The van der Waals surface area contributed by atoms with E-state index in [4.69, 9.17) is 42.6 Å². The molecule has 0 aromatic rings. The van der Waals surface area contributed by atoms with Crippen molar-refractivity contribution in [2.75, 3.05) is 33.0 Å². The number of rotatable bonds is 15. The molecule has 25 atom stereocenters. The van der Waals surface area contributed by atoms with Crippen LogP contribution in [0.25, 0.3) is 0 Å². The van der Waals surface area contributed by atoms with Crippen molar-refractivity contribution < 1.29 is 129 Å². The van der Waals surface area contributed by atoms with E-state index < -0.39 is 198 Å². The summed E-state index contributed by atoms with van der Waals surface area (Å²) in [7, 11) is 0. The second-order valence-corrected chi connectivity index (χ2v) is 15.4. The third kappa shape index (κ3) is 10.8. The summed E-state index contributed by atoms with van der Waals surface area (Å²) < 4.78 is 51.3. The van der Waals surface area contributed by atoms with E-state index in [0.29, 0.717) is 0 Å². The molecular formula is C34H58N2O26. The van der Waals surface area contributed by atoms with Crippen LogP contribution >= 0.6 is 0 Å². The Labute approximate surface area is 351 Å². The molecule has 5 rings (SSSR count). The first-order chi connectivity index (χ1) is 29.3. The number of amides is 2. The Morgan fingerprint density at radius 3 is 1.06 bits per heavy atom. The molecule has 0 aliphatic carbocycles. The first-order valence-electron chi connectivity index (χ1n) is 19.6. The number of aliphatic hydroxyl groups is 15. The Balaban J connectivity index is 1.42. The predicted octanol–water partition coefficient (Wildman–Crippen LogP) is -11.6. The van der Waals surface area contributed by atoms with Crippen LogP contribution in [0.15, 0.2) is 0 Å². The number of ether oxygens (including phenoxy) is 9. The van der Waals surface area contributed by atoms with Gasteiger partial charge in [0.1, 0.15) is 122 Å². The average molecular weight is 911 g/mol. The minimum Gasteiger partial charge on any atom is -0.394 e. The van der Waals surface area contributed by atoms with Gasteiger partial charge in [0, 0.05) is 13.8 Å². The molecule has 2 amide bonds. The Hall–Kier alpha value is -2.02. The maximum atomic E-state index is 12.4. The number of hydrogen-bond acceptors (Lipinski definition) is 26. The fourth-order valence-electron chi connectivity index (χ4n) is 7.83. The minimum absolute atomic E-state index is 0.805. The lowest BCUT2D eigenvalue weighted by atomic mass is 9.93. The number of hydrogen-bond donors (Lipinski definition) is 17. The van der Waals surface area contributed by atoms with E-state index in [1.165, 1.54) is 0 Å². The van der Waals surface area contributed by atoms with Gasteiger partial charge in [0.05, 0.1) is 33.0 Å². The molecule has 0 spiro atoms. The zero-order valence-corrected chi connectivity index (χ0v) is 33.2. The molecule has 62 heavy (non-hydrogen) atoms. The fraction of sp³-hybridized carbons (Fsp3) is 0.941. The first kappa shape index (κ1) is 51.0. The minimum atomic E-state index is -2.14. The number of carbonyl (C=O) groups excluding carboxylic acids is 2. The van der Waals surface area contributed by atoms with Gasteiger partial charge in [-0.2, -0.15) is 0 Å². The average Bonchev–Trinajstić information content (AvgIpc) is 3.24. The summed E-state index contributed by atoms with van der Waals surface area (Å²) in [6.07, 6.45) is -42.1. The van der Waals surface area contributed by atoms with Crippen molar-refractivity contribution in [2.45, 2.75) is 167 Å². The molecule has 0 aromatic heterocycles. The van der Waals surface area contributed by atoms with Crippen molar-refractivity contribution in [3.05, 3.63) is 0 Å². The van der Waals surface area contributed by atoms with Crippen LogP contribution in [0.3, 0.4) is 0 Å². The zero-order chi connectivity index (χ0) is 45.9. The van der Waals surface area contributed by atoms with E-state index >= 15 is 0 Å². The van der Waals surface area contributed by atoms with Gasteiger partial charge in [-0.15, -0.1) is 0 Å². The van der Waals surface area contributed by atoms with E-state index in [0.717, 1.165) is 13.8 Å². The van der Waals surface area contributed by atoms with Gasteiger partial charge in [-0.3, -0.25) is 9.59 Å². The fourth-order valence-corrected chi connectivity index (χ4v) is 7.83. The molecule has 360 valence electrons. The predicted molar refractivity (Wildman–Crippen MR) is 190 cm³/mol. The second-order valence-electron chi connectivity index (χ2n) is 15.4. The van der Waals surface area contributed by atoms with Crippen molar-refractivity contribution >= 4 is 11.8 Å². The summed E-state index contributed by atoms with van der Waals surface area (Å²) >= 11 is 0. The van der Waals surface area contributed by atoms with E-state index in [1.807, 2.05) is 0 Å². The highest BCUT2D eigenvalue weighted by Gasteiger charge is 2.57. The van der Waals surface area contributed by atoms with Crippen LogP contribution in [0.5, 0.6) is 0 Å². The summed E-state index contributed by atoms with van der Waals surface area (Å²) in [4.78, 5) is 24.9. The molecule has 5 aliphatic heterocycles. The molecule has 0 radical (unpaired) electrons. The normalized spacial score (nSPS) is 49.0. The van der Waals surface area contributed by atoms with Crippen molar-refractivity contribution in [3.63, 3.8) is 0 Å². The second kappa shape index (κ2) is 22.0. The van der Waals surface area contributed by atoms with Crippen LogP contribution in [-0.4, -0.2) is 275 Å². The Morgan fingerprint density at radius 1 is 0.387 bits per heavy atom. The van der Waals surface area contributed by atoms with E-state index in [1.54, 1.807) is 0 Å². The Morgan fingerprint density at radius 2 is 0.710 bits per heavy atom. The smallest absolute Gasteiger partial charge is 0.217 e. The van der Waals surface area contributed by atoms with Gasteiger partial charge < -0.3 is 130 Å². The van der Waals surface area contributed by atoms with E-state index in [2.05, 4.69) is 10.6 Å². The first-order valence-corrected chi connectivity index (χ1v) is 19.6. The molecule has 5 fully saturated rings. The van der Waals surface area contributed by atoms with Crippen LogP contribution in [0.2, 0.25) is 0 Å². The SMILES string of the molecule is CC(=O)N[C@H]1[C@H](O[C@@H]2[C@@H](O)[C@H](O)O[C@H](CO)[C@@H]2O[C@@H]2O[C@H](CO)[C@@H](O[C@@H]3O[C@H](CO)[C@H](O)[C@H](O)[C@H]3O)[C@H](O)[C@H]2NC(C)=O)O[C@H](CO)[C@@H](O[C@@H]2O[C@H](CO)[C@H](O)[C@H](O)[C@H]2O)[C@@H]1O. The lowest BCUT2D eigenvalue weighted by Crippen LogP contribution is -2.71. The van der Waals surface area contributed by atoms with Crippen LogP contribution in [-0.2, 0) is 52.2 Å². The number of nitrogens with one attached hydrogen (secondary N) is 2. The summed E-state index contributed by atoms with van der Waals surface area (Å²) in [5.41, 5.74) is 0. The van der Waals surface area contributed by atoms with Gasteiger partial charge >= 0.3 is 0 Å². The van der Waals surface area contributed by atoms with Crippen molar-refractivity contribution in [3.8, 4) is 0 Å². The van der Waals surface area contributed by atoms with Crippen molar-refractivity contribution in [1.29, 1.82) is 0 Å². The van der Waals surface area contributed by atoms with Crippen LogP contribution < -0.4 is 10.6 Å². The summed E-state index contributed by atoms with van der Waals surface area (Å²) in [6.45, 7) is -2.57. The van der Waals surface area contributed by atoms with Gasteiger partial charge in [0.25, 0.3) is 0 Å². The lowest BCUT2D eigenvalue weighted by molar-refractivity contribution is -0.384. The van der Waals surface area contributed by atoms with Gasteiger partial charge in [-0.25, -0.2) is 0 Å². The largest absolute Gasteiger partial charge is 0.394 e. The number of carbonyl (C=O) groups is 2. The van der Waals surface area contributed by atoms with Crippen LogP contribution in [0.1, 0.15) is 13.8 Å². The molecule has 0 unspecified atom stereocenters. The zero-order valence-electron chi connectivity index (χ0n) is 33.2. The molecule has 5 heterocycles. The highest BCUT2D eigenvalue weighted by Crippen LogP contribution is 2.36.